The van der Waals surface area contributed by atoms with E-state index in [-0.39, 0.29) is 6.61 Å². The van der Waals surface area contributed by atoms with E-state index in [4.69, 9.17) is 14.7 Å². The first kappa shape index (κ1) is 23.8. The molecule has 4 aromatic rings. The zero-order chi connectivity index (χ0) is 25.2. The molecule has 5 rings (SSSR count). The third kappa shape index (κ3) is 4.65. The summed E-state index contributed by atoms with van der Waals surface area (Å²) in [5.74, 6) is 2.09. The first-order chi connectivity index (χ1) is 17.4. The molecule has 1 aliphatic rings. The number of hydrogen-bond acceptors (Lipinski definition) is 9. The summed E-state index contributed by atoms with van der Waals surface area (Å²) in [6.07, 6.45) is 4.71. The molecule has 0 fully saturated rings. The van der Waals surface area contributed by atoms with Gasteiger partial charge < -0.3 is 20.1 Å². The van der Waals surface area contributed by atoms with Gasteiger partial charge in [0.15, 0.2) is 5.82 Å². The van der Waals surface area contributed by atoms with Crippen LogP contribution < -0.4 is 15.0 Å². The van der Waals surface area contributed by atoms with Crippen LogP contribution in [0.25, 0.3) is 22.8 Å². The van der Waals surface area contributed by atoms with Crippen LogP contribution in [0, 0.1) is 13.8 Å². The number of nitrogens with one attached hydrogen (secondary N) is 1. The van der Waals surface area contributed by atoms with E-state index in [0.717, 1.165) is 45.2 Å². The standard InChI is InChI=1S/C26H30N8O2/c1-16-9-30-33(4)24(16)23-17(2)26(34-12-19-10-28-15-29-22(19)13-34)32-25(31-23)18-6-5-7-21(8-18)36-14-20(35)11-27-3/h5-10,15,20,27,35H,11-14H2,1-4H3/t20-/m1/s1. The van der Waals surface area contributed by atoms with Gasteiger partial charge in [0.25, 0.3) is 0 Å². The van der Waals surface area contributed by atoms with Crippen LogP contribution in [0.2, 0.25) is 0 Å². The van der Waals surface area contributed by atoms with E-state index in [1.165, 1.54) is 0 Å². The van der Waals surface area contributed by atoms with Gasteiger partial charge in [0, 0.05) is 43.0 Å². The molecule has 0 bridgehead atoms. The van der Waals surface area contributed by atoms with E-state index in [1.54, 1.807) is 13.4 Å². The Kier molecular flexibility index (Phi) is 6.62. The van der Waals surface area contributed by atoms with Crippen LogP contribution >= 0.6 is 0 Å². The summed E-state index contributed by atoms with van der Waals surface area (Å²) in [6.45, 7) is 6.08. The zero-order valence-electron chi connectivity index (χ0n) is 20.9. The Hall–Kier alpha value is -3.89. The highest BCUT2D eigenvalue weighted by Crippen LogP contribution is 2.35. The summed E-state index contributed by atoms with van der Waals surface area (Å²) < 4.78 is 7.69. The lowest BCUT2D eigenvalue weighted by Crippen LogP contribution is -2.29. The van der Waals surface area contributed by atoms with Crippen molar-refractivity contribution in [1.29, 1.82) is 0 Å². The van der Waals surface area contributed by atoms with E-state index in [0.29, 0.717) is 31.2 Å². The fourth-order valence-electron chi connectivity index (χ4n) is 4.52. The van der Waals surface area contributed by atoms with E-state index in [1.807, 2.05) is 55.3 Å². The molecule has 4 heterocycles. The highest BCUT2D eigenvalue weighted by Gasteiger charge is 2.26. The number of likely N-dealkylation sites (N-methyl/N-ethyl adjacent to an activating group) is 1. The predicted molar refractivity (Wildman–Crippen MR) is 136 cm³/mol. The zero-order valence-corrected chi connectivity index (χ0v) is 20.9. The van der Waals surface area contributed by atoms with Crippen LogP contribution in [0.3, 0.4) is 0 Å². The number of aliphatic hydroxyl groups is 1. The molecule has 0 amide bonds. The number of fused-ring (bicyclic) bond motifs is 1. The topological polar surface area (TPSA) is 114 Å². The number of anilines is 1. The van der Waals surface area contributed by atoms with Crippen molar-refractivity contribution in [3.63, 3.8) is 0 Å². The molecule has 2 N–H and O–H groups in total. The predicted octanol–water partition coefficient (Wildman–Crippen LogP) is 2.43. The summed E-state index contributed by atoms with van der Waals surface area (Å²) in [4.78, 5) is 20.9. The number of aromatic nitrogens is 6. The van der Waals surface area contributed by atoms with Gasteiger partial charge in [0.1, 0.15) is 30.6 Å². The quantitative estimate of drug-likeness (QED) is 0.387. The number of ether oxygens (including phenoxy) is 1. The summed E-state index contributed by atoms with van der Waals surface area (Å²) in [6, 6.07) is 7.65. The molecule has 0 aliphatic carbocycles. The molecule has 0 saturated heterocycles. The first-order valence-corrected chi connectivity index (χ1v) is 11.9. The molecule has 0 saturated carbocycles. The van der Waals surface area contributed by atoms with Crippen molar-refractivity contribution in [1.82, 2.24) is 35.0 Å². The molecule has 186 valence electrons. The minimum absolute atomic E-state index is 0.191. The molecule has 0 radical (unpaired) electrons. The summed E-state index contributed by atoms with van der Waals surface area (Å²) in [5, 5.41) is 17.4. The van der Waals surface area contributed by atoms with Gasteiger partial charge in [-0.25, -0.2) is 19.9 Å². The number of hydrogen-bond donors (Lipinski definition) is 2. The van der Waals surface area contributed by atoms with Gasteiger partial charge in [-0.1, -0.05) is 12.1 Å². The van der Waals surface area contributed by atoms with Crippen molar-refractivity contribution >= 4 is 5.82 Å². The average Bonchev–Trinajstić information content (AvgIpc) is 3.46. The minimum atomic E-state index is -0.597. The maximum atomic E-state index is 10.0. The van der Waals surface area contributed by atoms with Crippen molar-refractivity contribution in [3.05, 3.63) is 65.4 Å². The van der Waals surface area contributed by atoms with Crippen LogP contribution in [0.5, 0.6) is 5.75 Å². The second-order valence-electron chi connectivity index (χ2n) is 9.05. The van der Waals surface area contributed by atoms with Gasteiger partial charge in [-0.05, 0) is 38.6 Å². The third-order valence-electron chi connectivity index (χ3n) is 6.32. The molecule has 36 heavy (non-hydrogen) atoms. The van der Waals surface area contributed by atoms with Crippen molar-refractivity contribution in [3.8, 4) is 28.5 Å². The Bertz CT molecular complexity index is 1340. The number of benzene rings is 1. The smallest absolute Gasteiger partial charge is 0.162 e. The second kappa shape index (κ2) is 10.00. The normalized spacial score (nSPS) is 13.6. The Balaban J connectivity index is 1.56. The lowest BCUT2D eigenvalue weighted by atomic mass is 10.1. The molecule has 1 aromatic carbocycles. The van der Waals surface area contributed by atoms with Gasteiger partial charge in [0.2, 0.25) is 0 Å². The lowest BCUT2D eigenvalue weighted by Gasteiger charge is -2.22. The van der Waals surface area contributed by atoms with Crippen LogP contribution in [-0.2, 0) is 20.1 Å². The van der Waals surface area contributed by atoms with Crippen molar-refractivity contribution in [2.75, 3.05) is 25.1 Å². The largest absolute Gasteiger partial charge is 0.491 e. The van der Waals surface area contributed by atoms with Crippen molar-refractivity contribution in [2.24, 2.45) is 7.05 Å². The molecule has 0 unspecified atom stereocenters. The molecule has 3 aromatic heterocycles. The Labute approximate surface area is 210 Å². The fourth-order valence-corrected chi connectivity index (χ4v) is 4.52. The first-order valence-electron chi connectivity index (χ1n) is 11.9. The van der Waals surface area contributed by atoms with E-state index < -0.39 is 6.10 Å². The maximum Gasteiger partial charge on any atom is 0.162 e. The van der Waals surface area contributed by atoms with Gasteiger partial charge in [-0.15, -0.1) is 0 Å². The molecule has 0 spiro atoms. The van der Waals surface area contributed by atoms with Crippen LogP contribution in [0.1, 0.15) is 22.4 Å². The fraction of sp³-hybridized carbons (Fsp3) is 0.346. The number of aryl methyl sites for hydroxylation is 2. The highest BCUT2D eigenvalue weighted by atomic mass is 16.5. The number of aliphatic hydroxyl groups excluding tert-OH is 1. The van der Waals surface area contributed by atoms with Crippen LogP contribution in [-0.4, -0.2) is 61.1 Å². The SMILES string of the molecule is CNC[C@@H](O)COc1cccc(-c2nc(-c3c(C)cnn3C)c(C)c(N3Cc4cncnc4C3)n2)c1. The van der Waals surface area contributed by atoms with Gasteiger partial charge in [0.05, 0.1) is 29.8 Å². The van der Waals surface area contributed by atoms with Crippen molar-refractivity contribution < 1.29 is 9.84 Å². The summed E-state index contributed by atoms with van der Waals surface area (Å²) in [7, 11) is 3.72. The molecular formula is C26H30N8O2. The van der Waals surface area contributed by atoms with E-state index in [2.05, 4.69) is 32.2 Å². The van der Waals surface area contributed by atoms with Crippen molar-refractivity contribution in [2.45, 2.75) is 33.0 Å². The Morgan fingerprint density at radius 1 is 1.17 bits per heavy atom. The molecular weight excluding hydrogens is 456 g/mol. The maximum absolute atomic E-state index is 10.0. The monoisotopic (exact) mass is 486 g/mol. The number of rotatable bonds is 8. The Morgan fingerprint density at radius 3 is 2.78 bits per heavy atom. The molecule has 1 atom stereocenters. The molecule has 1 aliphatic heterocycles. The van der Waals surface area contributed by atoms with E-state index in [9.17, 15) is 5.11 Å². The highest BCUT2D eigenvalue weighted by molar-refractivity contribution is 5.73. The Morgan fingerprint density at radius 2 is 2.03 bits per heavy atom. The number of nitrogens with zero attached hydrogens (tertiary/aromatic N) is 7. The van der Waals surface area contributed by atoms with Crippen LogP contribution in [0.15, 0.2) is 43.0 Å². The third-order valence-corrected chi connectivity index (χ3v) is 6.32. The van der Waals surface area contributed by atoms with Crippen LogP contribution in [0.4, 0.5) is 5.82 Å². The molecule has 10 heteroatoms. The summed E-state index contributed by atoms with van der Waals surface area (Å²) >= 11 is 0. The van der Waals surface area contributed by atoms with Gasteiger partial charge >= 0.3 is 0 Å². The average molecular weight is 487 g/mol. The summed E-state index contributed by atoms with van der Waals surface area (Å²) in [5.41, 5.74) is 6.76. The van der Waals surface area contributed by atoms with E-state index >= 15 is 0 Å². The minimum Gasteiger partial charge on any atom is -0.491 e. The lowest BCUT2D eigenvalue weighted by molar-refractivity contribution is 0.108. The molecule has 10 nitrogen and oxygen atoms in total. The second-order valence-corrected chi connectivity index (χ2v) is 9.05. The van der Waals surface area contributed by atoms with Gasteiger partial charge in [-0.3, -0.25) is 4.68 Å². The van der Waals surface area contributed by atoms with Gasteiger partial charge in [-0.2, -0.15) is 5.10 Å².